The lowest BCUT2D eigenvalue weighted by Gasteiger charge is -2.21. The van der Waals surface area contributed by atoms with E-state index in [4.69, 9.17) is 28.3 Å². The van der Waals surface area contributed by atoms with Crippen molar-refractivity contribution in [2.45, 2.75) is 25.2 Å². The summed E-state index contributed by atoms with van der Waals surface area (Å²) in [5, 5.41) is 11.3. The van der Waals surface area contributed by atoms with E-state index in [2.05, 4.69) is 58.4 Å². The summed E-state index contributed by atoms with van der Waals surface area (Å²) in [4.78, 5) is 26.7. The van der Waals surface area contributed by atoms with Gasteiger partial charge in [-0.2, -0.15) is 5.10 Å². The third-order valence-electron chi connectivity index (χ3n) is 7.43. The van der Waals surface area contributed by atoms with Gasteiger partial charge in [0.2, 0.25) is 0 Å². The molecule has 2 aromatic carbocycles. The number of benzene rings is 2. The minimum Gasteiger partial charge on any atom is -0.373 e. The first kappa shape index (κ1) is 28.6. The number of halogens is 3. The fourth-order valence-corrected chi connectivity index (χ4v) is 6.27. The first-order valence-electron chi connectivity index (χ1n) is 13.4. The molecular weight excluding hydrogens is 598 g/mol. The Bertz CT molecular complexity index is 1730. The van der Waals surface area contributed by atoms with Crippen LogP contribution >= 0.6 is 34.5 Å². The average Bonchev–Trinajstić information content (AvgIpc) is 3.76. The van der Waals surface area contributed by atoms with Crippen LogP contribution < -0.4 is 10.2 Å². The van der Waals surface area contributed by atoms with E-state index in [1.807, 2.05) is 18.2 Å². The van der Waals surface area contributed by atoms with Gasteiger partial charge in [-0.1, -0.05) is 35.3 Å². The molecule has 0 bridgehead atoms. The molecule has 4 heterocycles. The summed E-state index contributed by atoms with van der Waals surface area (Å²) in [5.41, 5.74) is 4.26. The number of nitrogens with zero attached hydrogens (tertiary/aromatic N) is 7. The first-order valence-corrected chi connectivity index (χ1v) is 15.0. The molecule has 1 unspecified atom stereocenters. The van der Waals surface area contributed by atoms with E-state index < -0.39 is 18.1 Å². The molecule has 218 valence electrons. The highest BCUT2D eigenvalue weighted by atomic mass is 35.5. The first-order chi connectivity index (χ1) is 20.2. The molecule has 6 rings (SSSR count). The fraction of sp³-hybridized carbons (Fsp3) is 0.310. The Labute approximate surface area is 256 Å². The zero-order valence-electron chi connectivity index (χ0n) is 23.3. The summed E-state index contributed by atoms with van der Waals surface area (Å²) in [6, 6.07) is 8.94. The number of rotatable bonds is 9. The number of nitrogens with one attached hydrogen (secondary N) is 1. The highest BCUT2D eigenvalue weighted by Gasteiger charge is 2.34. The third kappa shape index (κ3) is 5.49. The average molecular weight is 628 g/mol. The number of hydrogen-bond acceptors (Lipinski definition) is 7. The Morgan fingerprint density at radius 1 is 1.19 bits per heavy atom. The Morgan fingerprint density at radius 2 is 1.98 bits per heavy atom. The van der Waals surface area contributed by atoms with Crippen LogP contribution in [0.15, 0.2) is 54.4 Å². The van der Waals surface area contributed by atoms with Crippen molar-refractivity contribution in [2.24, 2.45) is 0 Å². The molecule has 3 aromatic heterocycles. The minimum atomic E-state index is -1.04. The SMILES string of the molecule is CN(C)CCN(C)c1ccc(-c2cc(Cl)c3cn(C(C(=O)Nc4nccs4)c4ncn5c4C[C@@H](F)C5)nc3c2Cl)cc1. The van der Waals surface area contributed by atoms with Crippen LogP contribution in [0.3, 0.4) is 0 Å². The van der Waals surface area contributed by atoms with Gasteiger partial charge in [-0.15, -0.1) is 11.3 Å². The molecule has 1 aliphatic heterocycles. The molecule has 13 heteroatoms. The second kappa shape index (κ2) is 11.6. The molecule has 9 nitrogen and oxygen atoms in total. The van der Waals surface area contributed by atoms with Gasteiger partial charge >= 0.3 is 0 Å². The molecule has 1 N–H and O–H groups in total. The molecule has 0 aliphatic carbocycles. The number of carbonyl (C=O) groups is 1. The van der Waals surface area contributed by atoms with Crippen LogP contribution in [0, 0.1) is 0 Å². The van der Waals surface area contributed by atoms with Crippen molar-refractivity contribution < 1.29 is 9.18 Å². The second-order valence-electron chi connectivity index (χ2n) is 10.6. The number of imidazole rings is 1. The van der Waals surface area contributed by atoms with Gasteiger partial charge < -0.3 is 14.4 Å². The number of hydrogen-bond donors (Lipinski definition) is 1. The normalized spacial score (nSPS) is 15.4. The number of aromatic nitrogens is 5. The molecule has 42 heavy (non-hydrogen) atoms. The Balaban J connectivity index is 1.38. The Hall–Kier alpha value is -3.51. The largest absolute Gasteiger partial charge is 0.373 e. The van der Waals surface area contributed by atoms with E-state index in [0.29, 0.717) is 37.5 Å². The van der Waals surface area contributed by atoms with Crippen LogP contribution in [0.1, 0.15) is 17.4 Å². The van der Waals surface area contributed by atoms with Gasteiger partial charge in [0.15, 0.2) is 11.2 Å². The number of carbonyl (C=O) groups excluding carboxylic acids is 1. The van der Waals surface area contributed by atoms with Gasteiger partial charge in [-0.25, -0.2) is 14.4 Å². The maximum atomic E-state index is 14.3. The molecule has 5 aromatic rings. The molecule has 2 atom stereocenters. The number of alkyl halides is 1. The number of anilines is 2. The highest BCUT2D eigenvalue weighted by Crippen LogP contribution is 2.40. The van der Waals surface area contributed by atoms with Gasteiger partial charge in [0, 0.05) is 66.7 Å². The second-order valence-corrected chi connectivity index (χ2v) is 12.3. The summed E-state index contributed by atoms with van der Waals surface area (Å²) in [5.74, 6) is -0.400. The predicted octanol–water partition coefficient (Wildman–Crippen LogP) is 5.78. The van der Waals surface area contributed by atoms with Crippen molar-refractivity contribution in [3.8, 4) is 11.1 Å². The summed E-state index contributed by atoms with van der Waals surface area (Å²) in [7, 11) is 6.17. The van der Waals surface area contributed by atoms with Crippen LogP contribution in [0.2, 0.25) is 10.0 Å². The van der Waals surface area contributed by atoms with E-state index >= 15 is 0 Å². The van der Waals surface area contributed by atoms with Gasteiger partial charge in [0.1, 0.15) is 11.7 Å². The molecule has 0 spiro atoms. The summed E-state index contributed by atoms with van der Waals surface area (Å²) in [6.45, 7) is 2.04. The lowest BCUT2D eigenvalue weighted by atomic mass is 10.0. The van der Waals surface area contributed by atoms with Crippen molar-refractivity contribution in [3.05, 3.63) is 75.9 Å². The van der Waals surface area contributed by atoms with Crippen LogP contribution in [0.25, 0.3) is 22.0 Å². The lowest BCUT2D eigenvalue weighted by molar-refractivity contribution is -0.118. The molecule has 1 amide bonds. The number of amides is 1. The van der Waals surface area contributed by atoms with Crippen molar-refractivity contribution in [3.63, 3.8) is 0 Å². The van der Waals surface area contributed by atoms with Crippen molar-refractivity contribution in [1.82, 2.24) is 29.2 Å². The van der Waals surface area contributed by atoms with Crippen LogP contribution in [-0.4, -0.2) is 75.5 Å². The topological polar surface area (TPSA) is 84.1 Å². The van der Waals surface area contributed by atoms with Gasteiger partial charge in [0.05, 0.1) is 28.6 Å². The van der Waals surface area contributed by atoms with E-state index in [0.717, 1.165) is 29.9 Å². The Kier molecular flexibility index (Phi) is 7.93. The van der Waals surface area contributed by atoms with Crippen LogP contribution in [-0.2, 0) is 17.8 Å². The molecule has 0 saturated carbocycles. The van der Waals surface area contributed by atoms with E-state index in [1.54, 1.807) is 28.7 Å². The smallest absolute Gasteiger partial charge is 0.257 e. The van der Waals surface area contributed by atoms with Gasteiger partial charge in [0.25, 0.3) is 5.91 Å². The number of thiazole rings is 1. The Morgan fingerprint density at radius 3 is 2.69 bits per heavy atom. The third-order valence-corrected chi connectivity index (χ3v) is 8.81. The fourth-order valence-electron chi connectivity index (χ4n) is 5.19. The molecule has 0 radical (unpaired) electrons. The van der Waals surface area contributed by atoms with E-state index in [9.17, 15) is 9.18 Å². The predicted molar refractivity (Wildman–Crippen MR) is 167 cm³/mol. The van der Waals surface area contributed by atoms with Gasteiger partial charge in [-0.3, -0.25) is 14.8 Å². The van der Waals surface area contributed by atoms with Crippen LogP contribution in [0.5, 0.6) is 0 Å². The quantitative estimate of drug-likeness (QED) is 0.223. The highest BCUT2D eigenvalue weighted by molar-refractivity contribution is 7.13. The zero-order valence-corrected chi connectivity index (χ0v) is 25.6. The molecule has 0 saturated heterocycles. The lowest BCUT2D eigenvalue weighted by Crippen LogP contribution is -2.28. The maximum Gasteiger partial charge on any atom is 0.257 e. The minimum absolute atomic E-state index is 0.170. The van der Waals surface area contributed by atoms with Gasteiger partial charge in [-0.05, 0) is 37.9 Å². The van der Waals surface area contributed by atoms with Crippen molar-refractivity contribution >= 4 is 62.2 Å². The molecule has 1 aliphatic rings. The molecule has 0 fully saturated rings. The van der Waals surface area contributed by atoms with Crippen molar-refractivity contribution in [1.29, 1.82) is 0 Å². The summed E-state index contributed by atoms with van der Waals surface area (Å²) < 4.78 is 17.5. The van der Waals surface area contributed by atoms with E-state index in [1.165, 1.54) is 16.0 Å². The molecular formula is C29H29Cl2FN8OS. The number of likely N-dealkylation sites (N-methyl/N-ethyl adjacent to an activating group) is 2. The summed E-state index contributed by atoms with van der Waals surface area (Å²) in [6.07, 6.45) is 4.00. The number of fused-ring (bicyclic) bond motifs is 2. The van der Waals surface area contributed by atoms with Crippen molar-refractivity contribution in [2.75, 3.05) is 44.4 Å². The maximum absolute atomic E-state index is 14.3. The standard InChI is InChI=1S/C29H29Cl2FN8OS/c1-37(2)9-10-38(3)19-6-4-17(5-7-19)20-13-22(30)21-15-40(36-25(21)24(20)31)27(28(41)35-29-33-8-11-42-29)26-23-12-18(32)14-39(23)16-34-26/h4-8,11,13,15-16,18,27H,9-10,12,14H2,1-3H3,(H,33,35,41)/t18-,27?/m1/s1. The zero-order chi connectivity index (χ0) is 29.5. The van der Waals surface area contributed by atoms with Crippen LogP contribution in [0.4, 0.5) is 15.2 Å². The summed E-state index contributed by atoms with van der Waals surface area (Å²) >= 11 is 15.0. The van der Waals surface area contributed by atoms with E-state index in [-0.39, 0.29) is 13.0 Å². The monoisotopic (exact) mass is 626 g/mol.